The van der Waals surface area contributed by atoms with E-state index in [1.54, 1.807) is 0 Å². The van der Waals surface area contributed by atoms with Crippen LogP contribution in [0.15, 0.2) is 22.7 Å². The first-order valence-electron chi connectivity index (χ1n) is 7.21. The Morgan fingerprint density at radius 2 is 2.06 bits per heavy atom. The Balaban J connectivity index is 2.23. The van der Waals surface area contributed by atoms with Crippen LogP contribution in [0.2, 0.25) is 0 Å². The summed E-state index contributed by atoms with van der Waals surface area (Å²) in [6, 6.07) is 7.23. The molecule has 0 aromatic heterocycles. The molecule has 2 rings (SSSR count). The van der Waals surface area contributed by atoms with Crippen LogP contribution in [0.5, 0.6) is 0 Å². The van der Waals surface area contributed by atoms with E-state index in [0.29, 0.717) is 6.04 Å². The van der Waals surface area contributed by atoms with Crippen molar-refractivity contribution >= 4 is 15.9 Å². The molecule has 0 bridgehead atoms. The Kier molecular flexibility index (Phi) is 5.25. The average Bonchev–Trinajstić information content (AvgIpc) is 2.88. The highest BCUT2D eigenvalue weighted by Crippen LogP contribution is 2.37. The van der Waals surface area contributed by atoms with Gasteiger partial charge in [-0.25, -0.2) is 0 Å². The normalized spacial score (nSPS) is 18.2. The number of nitrogens with one attached hydrogen (secondary N) is 1. The summed E-state index contributed by atoms with van der Waals surface area (Å²) in [7, 11) is 0. The van der Waals surface area contributed by atoms with E-state index in [9.17, 15) is 0 Å². The largest absolute Gasteiger partial charge is 0.310 e. The highest BCUT2D eigenvalue weighted by molar-refractivity contribution is 9.10. The minimum Gasteiger partial charge on any atom is -0.310 e. The molecule has 0 saturated heterocycles. The first kappa shape index (κ1) is 14.1. The van der Waals surface area contributed by atoms with E-state index in [2.05, 4.69) is 53.3 Å². The van der Waals surface area contributed by atoms with Gasteiger partial charge in [-0.15, -0.1) is 0 Å². The van der Waals surface area contributed by atoms with Crippen molar-refractivity contribution in [1.29, 1.82) is 0 Å². The second kappa shape index (κ2) is 6.72. The minimum atomic E-state index is 0.546. The van der Waals surface area contributed by atoms with Crippen molar-refractivity contribution in [3.63, 3.8) is 0 Å². The molecule has 0 radical (unpaired) electrons. The number of benzene rings is 1. The van der Waals surface area contributed by atoms with Crippen LogP contribution in [0, 0.1) is 12.8 Å². The number of hydrogen-bond donors (Lipinski definition) is 1. The summed E-state index contributed by atoms with van der Waals surface area (Å²) in [6.45, 7) is 5.59. The van der Waals surface area contributed by atoms with Crippen molar-refractivity contribution < 1.29 is 0 Å². The maximum atomic E-state index is 3.77. The molecule has 1 saturated carbocycles. The lowest BCUT2D eigenvalue weighted by atomic mass is 9.89. The second-order valence-electron chi connectivity index (χ2n) is 5.48. The summed E-state index contributed by atoms with van der Waals surface area (Å²) in [5.41, 5.74) is 2.91. The average molecular weight is 310 g/mol. The van der Waals surface area contributed by atoms with Gasteiger partial charge in [-0.3, -0.25) is 0 Å². The Morgan fingerprint density at radius 3 is 2.72 bits per heavy atom. The fourth-order valence-electron chi connectivity index (χ4n) is 3.07. The van der Waals surface area contributed by atoms with Gasteiger partial charge >= 0.3 is 0 Å². The third-order valence-electron chi connectivity index (χ3n) is 4.06. The van der Waals surface area contributed by atoms with Crippen molar-refractivity contribution in [1.82, 2.24) is 5.32 Å². The van der Waals surface area contributed by atoms with Crippen LogP contribution >= 0.6 is 15.9 Å². The first-order chi connectivity index (χ1) is 8.72. The Morgan fingerprint density at radius 1 is 1.33 bits per heavy atom. The topological polar surface area (TPSA) is 12.0 Å². The van der Waals surface area contributed by atoms with Gasteiger partial charge in [-0.2, -0.15) is 0 Å². The van der Waals surface area contributed by atoms with Gasteiger partial charge in [-0.05, 0) is 61.9 Å². The fraction of sp³-hybridized carbons (Fsp3) is 0.625. The number of rotatable bonds is 5. The summed E-state index contributed by atoms with van der Waals surface area (Å²) in [6.07, 6.45) is 6.78. The molecule has 0 amide bonds. The predicted octanol–water partition coefficient (Wildman–Crippen LogP) is 4.99. The van der Waals surface area contributed by atoms with Crippen LogP contribution in [-0.2, 0) is 0 Å². The second-order valence-corrected chi connectivity index (χ2v) is 6.39. The van der Waals surface area contributed by atoms with E-state index in [1.807, 2.05) is 0 Å². The van der Waals surface area contributed by atoms with Crippen LogP contribution in [0.4, 0.5) is 0 Å². The molecule has 0 spiro atoms. The van der Waals surface area contributed by atoms with Crippen LogP contribution in [0.3, 0.4) is 0 Å². The van der Waals surface area contributed by atoms with E-state index >= 15 is 0 Å². The summed E-state index contributed by atoms with van der Waals surface area (Å²) in [5, 5.41) is 3.77. The maximum absolute atomic E-state index is 3.77. The molecule has 1 aliphatic rings. The zero-order valence-electron chi connectivity index (χ0n) is 11.5. The van der Waals surface area contributed by atoms with Gasteiger partial charge in [0.15, 0.2) is 0 Å². The molecule has 1 N–H and O–H groups in total. The van der Waals surface area contributed by atoms with Crippen molar-refractivity contribution in [2.75, 3.05) is 6.54 Å². The molecule has 1 fully saturated rings. The molecule has 0 heterocycles. The third-order valence-corrected chi connectivity index (χ3v) is 4.56. The van der Waals surface area contributed by atoms with Crippen molar-refractivity contribution in [3.8, 4) is 0 Å². The van der Waals surface area contributed by atoms with E-state index < -0.39 is 0 Å². The minimum absolute atomic E-state index is 0.546. The van der Waals surface area contributed by atoms with Crippen molar-refractivity contribution in [2.45, 2.75) is 52.0 Å². The Bertz CT molecular complexity index is 383. The molecule has 100 valence electrons. The number of aryl methyl sites for hydroxylation is 1. The monoisotopic (exact) mass is 309 g/mol. The molecule has 1 unspecified atom stereocenters. The summed E-state index contributed by atoms with van der Waals surface area (Å²) < 4.78 is 1.20. The smallest absolute Gasteiger partial charge is 0.0351 e. The molecular formula is C16H24BrN. The number of hydrogen-bond acceptors (Lipinski definition) is 1. The van der Waals surface area contributed by atoms with Gasteiger partial charge in [0.1, 0.15) is 0 Å². The van der Waals surface area contributed by atoms with Crippen LogP contribution < -0.4 is 5.32 Å². The van der Waals surface area contributed by atoms with E-state index in [4.69, 9.17) is 0 Å². The van der Waals surface area contributed by atoms with Gasteiger partial charge in [0, 0.05) is 10.5 Å². The highest BCUT2D eigenvalue weighted by atomic mass is 79.9. The van der Waals surface area contributed by atoms with Gasteiger partial charge < -0.3 is 5.32 Å². The van der Waals surface area contributed by atoms with Crippen LogP contribution in [-0.4, -0.2) is 6.54 Å². The summed E-state index contributed by atoms with van der Waals surface area (Å²) in [4.78, 5) is 0. The molecule has 1 aliphatic carbocycles. The lowest BCUT2D eigenvalue weighted by Crippen LogP contribution is -2.28. The predicted molar refractivity (Wildman–Crippen MR) is 81.9 cm³/mol. The quantitative estimate of drug-likeness (QED) is 0.808. The Hall–Kier alpha value is -0.340. The van der Waals surface area contributed by atoms with E-state index in [0.717, 1.165) is 12.5 Å². The maximum Gasteiger partial charge on any atom is 0.0351 e. The highest BCUT2D eigenvalue weighted by Gasteiger charge is 2.26. The molecule has 18 heavy (non-hydrogen) atoms. The molecule has 1 atom stereocenters. The third kappa shape index (κ3) is 3.36. The first-order valence-corrected chi connectivity index (χ1v) is 8.01. The lowest BCUT2D eigenvalue weighted by molar-refractivity contribution is 0.367. The summed E-state index contributed by atoms with van der Waals surface area (Å²) >= 11 is 3.61. The SMILES string of the molecule is CCCNC(c1cc(Br)ccc1C)C1CCCC1. The van der Waals surface area contributed by atoms with Gasteiger partial charge in [-0.1, -0.05) is 41.8 Å². The van der Waals surface area contributed by atoms with E-state index in [-0.39, 0.29) is 0 Å². The summed E-state index contributed by atoms with van der Waals surface area (Å²) in [5.74, 6) is 0.824. The zero-order valence-corrected chi connectivity index (χ0v) is 13.1. The molecular weight excluding hydrogens is 286 g/mol. The van der Waals surface area contributed by atoms with Crippen LogP contribution in [0.1, 0.15) is 56.2 Å². The Labute approximate surface area is 119 Å². The molecule has 1 aromatic rings. The molecule has 2 heteroatoms. The molecule has 1 aromatic carbocycles. The molecule has 1 nitrogen and oxygen atoms in total. The van der Waals surface area contributed by atoms with Crippen molar-refractivity contribution in [3.05, 3.63) is 33.8 Å². The van der Waals surface area contributed by atoms with Gasteiger partial charge in [0.25, 0.3) is 0 Å². The van der Waals surface area contributed by atoms with Gasteiger partial charge in [0.05, 0.1) is 0 Å². The molecule has 0 aliphatic heterocycles. The lowest BCUT2D eigenvalue weighted by Gasteiger charge is -2.27. The van der Waals surface area contributed by atoms with Crippen LogP contribution in [0.25, 0.3) is 0 Å². The number of halogens is 1. The standard InChI is InChI=1S/C16H24BrN/c1-3-10-18-16(13-6-4-5-7-13)15-11-14(17)9-8-12(15)2/h8-9,11,13,16,18H,3-7,10H2,1-2H3. The fourth-order valence-corrected chi connectivity index (χ4v) is 3.45. The van der Waals surface area contributed by atoms with Crippen molar-refractivity contribution in [2.24, 2.45) is 5.92 Å². The zero-order chi connectivity index (χ0) is 13.0. The van der Waals surface area contributed by atoms with Gasteiger partial charge in [0.2, 0.25) is 0 Å². The van der Waals surface area contributed by atoms with E-state index in [1.165, 1.54) is 47.7 Å².